The number of hydrogen-bond donors (Lipinski definition) is 1. The maximum atomic E-state index is 12.7. The van der Waals surface area contributed by atoms with Crippen molar-refractivity contribution >= 4 is 17.5 Å². The Labute approximate surface area is 182 Å². The Kier molecular flexibility index (Phi) is 7.02. The van der Waals surface area contributed by atoms with Crippen LogP contribution in [-0.2, 0) is 11.3 Å². The first-order valence-corrected chi connectivity index (χ1v) is 10.4. The second-order valence-electron chi connectivity index (χ2n) is 8.34. The summed E-state index contributed by atoms with van der Waals surface area (Å²) in [5, 5.41) is 13.4. The number of nitrogens with zero attached hydrogens (tertiary/aromatic N) is 3. The lowest BCUT2D eigenvalue weighted by molar-refractivity contribution is -0.384. The first-order valence-electron chi connectivity index (χ1n) is 10.4. The molecule has 1 heterocycles. The lowest BCUT2D eigenvalue weighted by Crippen LogP contribution is -2.60. The van der Waals surface area contributed by atoms with Crippen molar-refractivity contribution in [1.82, 2.24) is 15.1 Å². The second-order valence-corrected chi connectivity index (χ2v) is 8.34. The number of nitro benzene ring substituents is 1. The summed E-state index contributed by atoms with van der Waals surface area (Å²) in [6.45, 7) is 7.45. The lowest BCUT2D eigenvalue weighted by Gasteiger charge is -2.47. The molecule has 0 spiro atoms. The van der Waals surface area contributed by atoms with Gasteiger partial charge in [-0.1, -0.05) is 30.3 Å². The second kappa shape index (κ2) is 9.70. The highest BCUT2D eigenvalue weighted by atomic mass is 16.6. The van der Waals surface area contributed by atoms with Gasteiger partial charge in [-0.3, -0.25) is 24.6 Å². The Morgan fingerprint density at radius 2 is 1.74 bits per heavy atom. The summed E-state index contributed by atoms with van der Waals surface area (Å²) < 4.78 is 0. The smallest absolute Gasteiger partial charge is 0.269 e. The van der Waals surface area contributed by atoms with Gasteiger partial charge in [-0.15, -0.1) is 0 Å². The molecule has 2 aromatic carbocycles. The third-order valence-corrected chi connectivity index (χ3v) is 5.61. The number of piperazine rings is 1. The van der Waals surface area contributed by atoms with E-state index in [1.54, 1.807) is 0 Å². The van der Waals surface area contributed by atoms with Crippen LogP contribution in [0.5, 0.6) is 0 Å². The van der Waals surface area contributed by atoms with Gasteiger partial charge < -0.3 is 10.2 Å². The van der Waals surface area contributed by atoms with E-state index >= 15 is 0 Å². The Morgan fingerprint density at radius 3 is 2.35 bits per heavy atom. The van der Waals surface area contributed by atoms with Gasteiger partial charge in [-0.2, -0.15) is 0 Å². The summed E-state index contributed by atoms with van der Waals surface area (Å²) in [6, 6.07) is 15.7. The molecule has 1 aliphatic rings. The Bertz CT molecular complexity index is 928. The quantitative estimate of drug-likeness (QED) is 0.545. The number of nitrogens with one attached hydrogen (secondary N) is 1. The first-order chi connectivity index (χ1) is 14.8. The average molecular weight is 425 g/mol. The van der Waals surface area contributed by atoms with E-state index in [4.69, 9.17) is 0 Å². The first kappa shape index (κ1) is 22.4. The molecule has 0 atom stereocenters. The van der Waals surface area contributed by atoms with Gasteiger partial charge in [0.15, 0.2) is 0 Å². The zero-order valence-electron chi connectivity index (χ0n) is 17.9. The predicted molar refractivity (Wildman–Crippen MR) is 118 cm³/mol. The number of non-ortho nitro benzene ring substituents is 1. The van der Waals surface area contributed by atoms with Crippen LogP contribution in [0, 0.1) is 10.1 Å². The Morgan fingerprint density at radius 1 is 1.06 bits per heavy atom. The molecule has 1 fully saturated rings. The summed E-state index contributed by atoms with van der Waals surface area (Å²) in [7, 11) is 0. The normalized spacial score (nSPS) is 16.0. The summed E-state index contributed by atoms with van der Waals surface area (Å²) >= 11 is 0. The molecule has 2 amide bonds. The highest BCUT2D eigenvalue weighted by molar-refractivity contribution is 5.94. The largest absolute Gasteiger partial charge is 0.352 e. The molecular weight excluding hydrogens is 396 g/mol. The molecule has 0 saturated carbocycles. The fourth-order valence-electron chi connectivity index (χ4n) is 3.78. The molecule has 0 aromatic heterocycles. The van der Waals surface area contributed by atoms with Crippen molar-refractivity contribution in [3.8, 4) is 0 Å². The summed E-state index contributed by atoms with van der Waals surface area (Å²) in [6.07, 6.45) is 0.216. The maximum Gasteiger partial charge on any atom is 0.269 e. The molecule has 1 saturated heterocycles. The van der Waals surface area contributed by atoms with E-state index < -0.39 is 4.92 Å². The molecule has 8 nitrogen and oxygen atoms in total. The average Bonchev–Trinajstić information content (AvgIpc) is 2.75. The zero-order valence-corrected chi connectivity index (χ0v) is 17.9. The van der Waals surface area contributed by atoms with Crippen molar-refractivity contribution in [2.24, 2.45) is 0 Å². The third kappa shape index (κ3) is 5.88. The lowest BCUT2D eigenvalue weighted by atomic mass is 9.97. The fourth-order valence-corrected chi connectivity index (χ4v) is 3.78. The van der Waals surface area contributed by atoms with Crippen molar-refractivity contribution in [1.29, 1.82) is 0 Å². The standard InChI is InChI=1S/C23H28N4O4/c1-23(2)17-25(14-15-26(23)16-18-6-4-3-5-7-18)21(28)12-13-24-22(29)19-8-10-20(11-9-19)27(30)31/h3-11H,12-17H2,1-2H3,(H,24,29). The van der Waals surface area contributed by atoms with Crippen LogP contribution in [0.4, 0.5) is 5.69 Å². The van der Waals surface area contributed by atoms with E-state index in [9.17, 15) is 19.7 Å². The highest BCUT2D eigenvalue weighted by Crippen LogP contribution is 2.23. The summed E-state index contributed by atoms with van der Waals surface area (Å²) in [5.74, 6) is -0.341. The van der Waals surface area contributed by atoms with Crippen LogP contribution < -0.4 is 5.32 Å². The monoisotopic (exact) mass is 424 g/mol. The van der Waals surface area contributed by atoms with Gasteiger partial charge in [0.1, 0.15) is 0 Å². The van der Waals surface area contributed by atoms with Gasteiger partial charge in [0.25, 0.3) is 11.6 Å². The minimum Gasteiger partial charge on any atom is -0.352 e. The van der Waals surface area contributed by atoms with Gasteiger partial charge in [0, 0.05) is 62.4 Å². The molecule has 164 valence electrons. The molecule has 1 N–H and O–H groups in total. The van der Waals surface area contributed by atoms with Crippen molar-refractivity contribution in [2.45, 2.75) is 32.4 Å². The van der Waals surface area contributed by atoms with Gasteiger partial charge in [-0.25, -0.2) is 0 Å². The van der Waals surface area contributed by atoms with E-state index in [0.717, 1.165) is 13.1 Å². The topological polar surface area (TPSA) is 95.8 Å². The fraction of sp³-hybridized carbons (Fsp3) is 0.391. The minimum atomic E-state index is -0.512. The van der Waals surface area contributed by atoms with Crippen molar-refractivity contribution < 1.29 is 14.5 Å². The molecule has 3 rings (SSSR count). The van der Waals surface area contributed by atoms with Gasteiger partial charge >= 0.3 is 0 Å². The predicted octanol–water partition coefficient (Wildman–Crippen LogP) is 2.84. The van der Waals surface area contributed by atoms with Crippen LogP contribution in [0.2, 0.25) is 0 Å². The van der Waals surface area contributed by atoms with Crippen LogP contribution in [0.25, 0.3) is 0 Å². The van der Waals surface area contributed by atoms with Gasteiger partial charge in [0.2, 0.25) is 5.91 Å². The van der Waals surface area contributed by atoms with Crippen LogP contribution in [-0.4, -0.2) is 58.3 Å². The molecule has 2 aromatic rings. The van der Waals surface area contributed by atoms with Crippen LogP contribution in [0.15, 0.2) is 54.6 Å². The van der Waals surface area contributed by atoms with E-state index in [-0.39, 0.29) is 36.0 Å². The molecule has 31 heavy (non-hydrogen) atoms. The summed E-state index contributed by atoms with van der Waals surface area (Å²) in [5.41, 5.74) is 1.37. The molecule has 0 aliphatic carbocycles. The Balaban J connectivity index is 1.46. The SMILES string of the molecule is CC1(C)CN(C(=O)CCNC(=O)c2ccc([N+](=O)[O-])cc2)CCN1Cc1ccccc1. The van der Waals surface area contributed by atoms with E-state index in [0.29, 0.717) is 18.7 Å². The van der Waals surface area contributed by atoms with Crippen LogP contribution >= 0.6 is 0 Å². The number of benzene rings is 2. The number of hydrogen-bond acceptors (Lipinski definition) is 5. The zero-order chi connectivity index (χ0) is 22.4. The molecule has 0 radical (unpaired) electrons. The molecule has 8 heteroatoms. The minimum absolute atomic E-state index is 0.0106. The van der Waals surface area contributed by atoms with Gasteiger partial charge in [-0.05, 0) is 31.5 Å². The highest BCUT2D eigenvalue weighted by Gasteiger charge is 2.35. The van der Waals surface area contributed by atoms with Gasteiger partial charge in [0.05, 0.1) is 4.92 Å². The molecule has 0 bridgehead atoms. The van der Waals surface area contributed by atoms with Crippen molar-refractivity contribution in [3.63, 3.8) is 0 Å². The third-order valence-electron chi connectivity index (χ3n) is 5.61. The number of carbonyl (C=O) groups excluding carboxylic acids is 2. The number of rotatable bonds is 7. The van der Waals surface area contributed by atoms with E-state index in [1.807, 2.05) is 23.1 Å². The number of nitro groups is 1. The molecule has 0 unspecified atom stereocenters. The van der Waals surface area contributed by atoms with E-state index in [1.165, 1.54) is 29.8 Å². The summed E-state index contributed by atoms with van der Waals surface area (Å²) in [4.78, 5) is 39.3. The van der Waals surface area contributed by atoms with E-state index in [2.05, 4.69) is 36.2 Å². The number of amides is 2. The maximum absolute atomic E-state index is 12.7. The van der Waals surface area contributed by atoms with Crippen molar-refractivity contribution in [3.05, 3.63) is 75.8 Å². The van der Waals surface area contributed by atoms with Crippen LogP contribution in [0.1, 0.15) is 36.2 Å². The molecule has 1 aliphatic heterocycles. The molecular formula is C23H28N4O4. The van der Waals surface area contributed by atoms with Crippen LogP contribution in [0.3, 0.4) is 0 Å². The Hall–Kier alpha value is -3.26. The number of carbonyl (C=O) groups is 2. The van der Waals surface area contributed by atoms with Crippen molar-refractivity contribution in [2.75, 3.05) is 26.2 Å².